The molecule has 0 bridgehead atoms. The van der Waals surface area contributed by atoms with Gasteiger partial charge in [-0.25, -0.2) is 0 Å². The number of aryl methyl sites for hydroxylation is 1. The molecule has 3 N–H and O–H groups in total. The number of thiophene rings is 1. The fourth-order valence-electron chi connectivity index (χ4n) is 3.10. The summed E-state index contributed by atoms with van der Waals surface area (Å²) in [5.74, 6) is -1.59. The lowest BCUT2D eigenvalue weighted by Crippen LogP contribution is -2.28. The molecule has 130 valence electrons. The van der Waals surface area contributed by atoms with Gasteiger partial charge in [0.05, 0.1) is 11.5 Å². The summed E-state index contributed by atoms with van der Waals surface area (Å²) < 4.78 is 10.3. The zero-order valence-electron chi connectivity index (χ0n) is 13.3. The summed E-state index contributed by atoms with van der Waals surface area (Å²) in [6.45, 7) is 0.709. The molecule has 2 heterocycles. The molecule has 3 rings (SSSR count). The number of amides is 2. The van der Waals surface area contributed by atoms with Crippen LogP contribution in [0.2, 0.25) is 0 Å². The lowest BCUT2D eigenvalue weighted by molar-refractivity contribution is -0.154. The van der Waals surface area contributed by atoms with E-state index in [0.29, 0.717) is 36.6 Å². The minimum absolute atomic E-state index is 0.210. The van der Waals surface area contributed by atoms with E-state index in [1.165, 1.54) is 11.3 Å². The van der Waals surface area contributed by atoms with Crippen molar-refractivity contribution >= 4 is 34.1 Å². The maximum atomic E-state index is 12.0. The third-order valence-corrected chi connectivity index (χ3v) is 5.53. The lowest BCUT2D eigenvalue weighted by atomic mass is 10.0. The number of rotatable bonds is 5. The molecular weight excluding hydrogens is 332 g/mol. The zero-order valence-corrected chi connectivity index (χ0v) is 14.1. The van der Waals surface area contributed by atoms with E-state index in [2.05, 4.69) is 5.32 Å². The predicted octanol–water partition coefficient (Wildman–Crippen LogP) is 1.24. The second-order valence-electron chi connectivity index (χ2n) is 5.97. The number of anilines is 1. The van der Waals surface area contributed by atoms with Crippen LogP contribution in [0.1, 0.15) is 40.1 Å². The van der Waals surface area contributed by atoms with Gasteiger partial charge in [-0.3, -0.25) is 14.4 Å². The number of nitrogens with one attached hydrogen (secondary N) is 1. The number of nitrogens with two attached hydrogens (primary N) is 1. The van der Waals surface area contributed by atoms with E-state index in [1.807, 2.05) is 0 Å². The Kier molecular flexibility index (Phi) is 5.15. The molecule has 1 saturated heterocycles. The molecule has 2 amide bonds. The van der Waals surface area contributed by atoms with Crippen molar-refractivity contribution in [3.05, 3.63) is 16.0 Å². The molecule has 0 atom stereocenters. The van der Waals surface area contributed by atoms with Crippen LogP contribution in [-0.4, -0.2) is 37.6 Å². The largest absolute Gasteiger partial charge is 0.455 e. The van der Waals surface area contributed by atoms with E-state index < -0.39 is 11.8 Å². The molecule has 0 saturated carbocycles. The van der Waals surface area contributed by atoms with Gasteiger partial charge in [-0.15, -0.1) is 11.3 Å². The number of fused-ring (bicyclic) bond motifs is 1. The highest BCUT2D eigenvalue weighted by Crippen LogP contribution is 2.38. The van der Waals surface area contributed by atoms with Gasteiger partial charge < -0.3 is 20.5 Å². The van der Waals surface area contributed by atoms with Gasteiger partial charge in [0.25, 0.3) is 11.8 Å². The molecule has 0 spiro atoms. The highest BCUT2D eigenvalue weighted by molar-refractivity contribution is 7.17. The van der Waals surface area contributed by atoms with Crippen LogP contribution >= 0.6 is 11.3 Å². The Morgan fingerprint density at radius 2 is 2.00 bits per heavy atom. The SMILES string of the molecule is NC(=O)c1c(NC(=O)COC(=O)C2CCOCC2)sc2c1CCC2. The quantitative estimate of drug-likeness (QED) is 0.775. The van der Waals surface area contributed by atoms with Gasteiger partial charge in [-0.1, -0.05) is 0 Å². The number of esters is 1. The Bertz CT molecular complexity index is 664. The second kappa shape index (κ2) is 7.31. The number of primary amides is 1. The zero-order chi connectivity index (χ0) is 17.1. The molecule has 0 radical (unpaired) electrons. The van der Waals surface area contributed by atoms with Gasteiger partial charge in [0, 0.05) is 18.1 Å². The third kappa shape index (κ3) is 3.59. The molecule has 1 aliphatic heterocycles. The molecule has 1 aromatic heterocycles. The molecule has 8 heteroatoms. The fourth-order valence-corrected chi connectivity index (χ4v) is 4.41. The summed E-state index contributed by atoms with van der Waals surface area (Å²) in [6.07, 6.45) is 3.93. The normalized spacial score (nSPS) is 17.3. The summed E-state index contributed by atoms with van der Waals surface area (Å²) in [6, 6.07) is 0. The molecular formula is C16H20N2O5S. The number of carbonyl (C=O) groups excluding carboxylic acids is 3. The minimum atomic E-state index is -0.538. The summed E-state index contributed by atoms with van der Waals surface area (Å²) in [5.41, 5.74) is 6.79. The highest BCUT2D eigenvalue weighted by Gasteiger charge is 2.27. The second-order valence-corrected chi connectivity index (χ2v) is 7.07. The topological polar surface area (TPSA) is 108 Å². The maximum Gasteiger partial charge on any atom is 0.309 e. The summed E-state index contributed by atoms with van der Waals surface area (Å²) in [7, 11) is 0. The van der Waals surface area contributed by atoms with Gasteiger partial charge >= 0.3 is 5.97 Å². The van der Waals surface area contributed by atoms with Crippen molar-refractivity contribution in [2.75, 3.05) is 25.1 Å². The van der Waals surface area contributed by atoms with Crippen molar-refractivity contribution in [2.24, 2.45) is 11.7 Å². The Hall–Kier alpha value is -1.93. The first kappa shape index (κ1) is 16.9. The van der Waals surface area contributed by atoms with Gasteiger partial charge in [-0.2, -0.15) is 0 Å². The molecule has 7 nitrogen and oxygen atoms in total. The molecule has 1 fully saturated rings. The number of hydrogen-bond donors (Lipinski definition) is 2. The van der Waals surface area contributed by atoms with Gasteiger partial charge in [0.2, 0.25) is 0 Å². The van der Waals surface area contributed by atoms with E-state index >= 15 is 0 Å². The van der Waals surface area contributed by atoms with Gasteiger partial charge in [0.15, 0.2) is 6.61 Å². The first-order chi connectivity index (χ1) is 11.6. The van der Waals surface area contributed by atoms with Crippen molar-refractivity contribution in [3.63, 3.8) is 0 Å². The number of hydrogen-bond acceptors (Lipinski definition) is 6. The van der Waals surface area contributed by atoms with Crippen LogP contribution in [0, 0.1) is 5.92 Å². The first-order valence-electron chi connectivity index (χ1n) is 8.05. The highest BCUT2D eigenvalue weighted by atomic mass is 32.1. The van der Waals surface area contributed by atoms with Crippen molar-refractivity contribution in [1.82, 2.24) is 0 Å². The van der Waals surface area contributed by atoms with E-state index in [0.717, 1.165) is 29.7 Å². The Balaban J connectivity index is 1.57. The molecule has 1 aliphatic carbocycles. The van der Waals surface area contributed by atoms with Crippen molar-refractivity contribution in [3.8, 4) is 0 Å². The summed E-state index contributed by atoms with van der Waals surface area (Å²) in [4.78, 5) is 36.7. The van der Waals surface area contributed by atoms with Crippen LogP contribution in [0.4, 0.5) is 5.00 Å². The fraction of sp³-hybridized carbons (Fsp3) is 0.562. The third-order valence-electron chi connectivity index (χ3n) is 4.32. The van der Waals surface area contributed by atoms with Gasteiger partial charge in [0.1, 0.15) is 5.00 Å². The van der Waals surface area contributed by atoms with E-state index in [-0.39, 0.29) is 18.5 Å². The van der Waals surface area contributed by atoms with Crippen molar-refractivity contribution in [2.45, 2.75) is 32.1 Å². The van der Waals surface area contributed by atoms with Crippen LogP contribution in [0.3, 0.4) is 0 Å². The number of carbonyl (C=O) groups is 3. The average Bonchev–Trinajstić information content (AvgIpc) is 3.13. The average molecular weight is 352 g/mol. The van der Waals surface area contributed by atoms with Crippen molar-refractivity contribution < 1.29 is 23.9 Å². The van der Waals surface area contributed by atoms with E-state index in [4.69, 9.17) is 15.2 Å². The maximum absolute atomic E-state index is 12.0. The molecule has 1 aromatic rings. The summed E-state index contributed by atoms with van der Waals surface area (Å²) in [5, 5.41) is 3.11. The van der Waals surface area contributed by atoms with E-state index in [9.17, 15) is 14.4 Å². The lowest BCUT2D eigenvalue weighted by Gasteiger charge is -2.20. The van der Waals surface area contributed by atoms with Crippen LogP contribution in [0.5, 0.6) is 0 Å². The smallest absolute Gasteiger partial charge is 0.309 e. The van der Waals surface area contributed by atoms with Gasteiger partial charge in [-0.05, 0) is 37.7 Å². The molecule has 0 aromatic carbocycles. The Morgan fingerprint density at radius 1 is 1.25 bits per heavy atom. The predicted molar refractivity (Wildman–Crippen MR) is 88.0 cm³/mol. The van der Waals surface area contributed by atoms with Crippen LogP contribution in [-0.2, 0) is 31.9 Å². The molecule has 2 aliphatic rings. The minimum Gasteiger partial charge on any atom is -0.455 e. The van der Waals surface area contributed by atoms with Crippen LogP contribution < -0.4 is 11.1 Å². The standard InChI is InChI=1S/C16H20N2O5S/c17-14(20)13-10-2-1-3-11(10)24-15(13)18-12(19)8-23-16(21)9-4-6-22-7-5-9/h9H,1-8H2,(H2,17,20)(H,18,19). The van der Waals surface area contributed by atoms with E-state index in [1.54, 1.807) is 0 Å². The number of ether oxygens (including phenoxy) is 2. The van der Waals surface area contributed by atoms with Crippen LogP contribution in [0.15, 0.2) is 0 Å². The van der Waals surface area contributed by atoms with Crippen LogP contribution in [0.25, 0.3) is 0 Å². The Morgan fingerprint density at radius 3 is 2.71 bits per heavy atom. The van der Waals surface area contributed by atoms with Crippen molar-refractivity contribution in [1.29, 1.82) is 0 Å². The monoisotopic (exact) mass is 352 g/mol. The molecule has 24 heavy (non-hydrogen) atoms. The Labute approximate surface area is 143 Å². The summed E-state index contributed by atoms with van der Waals surface area (Å²) >= 11 is 1.38. The molecule has 0 unspecified atom stereocenters. The first-order valence-corrected chi connectivity index (χ1v) is 8.86.